The quantitative estimate of drug-likeness (QED) is 0.570. The van der Waals surface area contributed by atoms with Gasteiger partial charge in [-0.05, 0) is 6.92 Å². The fourth-order valence-corrected chi connectivity index (χ4v) is 0.675. The van der Waals surface area contributed by atoms with Gasteiger partial charge in [-0.2, -0.15) is 0 Å². The Balaban J connectivity index is 4.03. The maximum Gasteiger partial charge on any atom is 0.219 e. The summed E-state index contributed by atoms with van der Waals surface area (Å²) in [5, 5.41) is 2.31. The number of amides is 1. The van der Waals surface area contributed by atoms with Crippen LogP contribution < -0.4 is 5.32 Å². The third-order valence-corrected chi connectivity index (χ3v) is 1.16. The molecule has 0 fully saturated rings. The van der Waals surface area contributed by atoms with Crippen molar-refractivity contribution in [2.24, 2.45) is 0 Å². The largest absolute Gasteiger partial charge is 0.346 e. The predicted octanol–water partition coefficient (Wildman–Crippen LogP) is -0.331. The molecule has 11 heavy (non-hydrogen) atoms. The minimum atomic E-state index is -0.704. The molecule has 0 aromatic carbocycles. The van der Waals surface area contributed by atoms with Crippen molar-refractivity contribution < 1.29 is 14.4 Å². The van der Waals surface area contributed by atoms with Gasteiger partial charge in [0.1, 0.15) is 0 Å². The summed E-state index contributed by atoms with van der Waals surface area (Å²) >= 11 is 0. The summed E-state index contributed by atoms with van der Waals surface area (Å²) in [6, 6.07) is -0.704. The Labute approximate surface area is 65.0 Å². The number of hydrogen-bond donors (Lipinski definition) is 1. The average Bonchev–Trinajstić information content (AvgIpc) is 1.84. The van der Waals surface area contributed by atoms with Crippen molar-refractivity contribution in [3.63, 3.8) is 0 Å². The van der Waals surface area contributed by atoms with Crippen LogP contribution in [0.3, 0.4) is 0 Å². The van der Waals surface area contributed by atoms with Gasteiger partial charge < -0.3 is 5.32 Å². The summed E-state index contributed by atoms with van der Waals surface area (Å²) in [6.07, 6.45) is 0. The van der Waals surface area contributed by atoms with Crippen LogP contribution >= 0.6 is 0 Å². The highest BCUT2D eigenvalue weighted by atomic mass is 16.2. The molecule has 0 aromatic rings. The van der Waals surface area contributed by atoms with Crippen LogP contribution in [-0.2, 0) is 14.4 Å². The highest BCUT2D eigenvalue weighted by Crippen LogP contribution is 1.85. The van der Waals surface area contributed by atoms with Gasteiger partial charge in [0.25, 0.3) is 0 Å². The molecule has 4 heteroatoms. The molecule has 0 rings (SSSR count). The van der Waals surface area contributed by atoms with E-state index in [9.17, 15) is 14.4 Å². The summed E-state index contributed by atoms with van der Waals surface area (Å²) in [4.78, 5) is 31.7. The maximum atomic E-state index is 10.8. The van der Waals surface area contributed by atoms with Gasteiger partial charge in [0.05, 0.1) is 6.04 Å². The fraction of sp³-hybridized carbons (Fsp3) is 0.571. The van der Waals surface area contributed by atoms with E-state index in [-0.39, 0.29) is 5.91 Å². The van der Waals surface area contributed by atoms with E-state index in [4.69, 9.17) is 0 Å². The molecule has 62 valence electrons. The Kier molecular flexibility index (Phi) is 3.44. The van der Waals surface area contributed by atoms with Crippen molar-refractivity contribution in [1.29, 1.82) is 0 Å². The molecule has 1 amide bonds. The normalized spacial score (nSPS) is 11.9. The summed E-state index contributed by atoms with van der Waals surface area (Å²) in [7, 11) is 0. The summed E-state index contributed by atoms with van der Waals surface area (Å²) < 4.78 is 0. The van der Waals surface area contributed by atoms with Crippen LogP contribution in [0.5, 0.6) is 0 Å². The number of hydrogen-bond acceptors (Lipinski definition) is 3. The van der Waals surface area contributed by atoms with Crippen LogP contribution in [0.1, 0.15) is 20.8 Å². The van der Waals surface area contributed by atoms with Crippen molar-refractivity contribution in [3.8, 4) is 0 Å². The number of carbonyl (C=O) groups excluding carboxylic acids is 3. The fourth-order valence-electron chi connectivity index (χ4n) is 0.675. The molecule has 0 saturated heterocycles. The number of carbonyl (C=O) groups is 3. The van der Waals surface area contributed by atoms with E-state index in [1.807, 2.05) is 0 Å². The first-order valence-corrected chi connectivity index (χ1v) is 3.27. The highest BCUT2D eigenvalue weighted by Gasteiger charge is 2.17. The Morgan fingerprint density at radius 3 is 1.91 bits per heavy atom. The zero-order chi connectivity index (χ0) is 9.02. The van der Waals surface area contributed by atoms with Crippen LogP contribution in [0.2, 0.25) is 0 Å². The molecule has 4 nitrogen and oxygen atoms in total. The minimum Gasteiger partial charge on any atom is -0.346 e. The molecule has 0 bridgehead atoms. The number of nitrogens with one attached hydrogen (secondary N) is 1. The van der Waals surface area contributed by atoms with E-state index in [0.717, 1.165) is 0 Å². The molecule has 0 aliphatic rings. The monoisotopic (exact) mass is 157 g/mol. The van der Waals surface area contributed by atoms with Gasteiger partial charge in [0.15, 0.2) is 5.78 Å². The summed E-state index contributed by atoms with van der Waals surface area (Å²) in [5.74, 6) is -1.42. The van der Waals surface area contributed by atoms with Crippen LogP contribution in [0.25, 0.3) is 0 Å². The van der Waals surface area contributed by atoms with Gasteiger partial charge >= 0.3 is 0 Å². The molecular formula is C7H11NO3. The van der Waals surface area contributed by atoms with E-state index < -0.39 is 17.6 Å². The molecule has 0 saturated carbocycles. The van der Waals surface area contributed by atoms with Crippen LogP contribution in [0.4, 0.5) is 0 Å². The van der Waals surface area contributed by atoms with E-state index in [1.165, 1.54) is 20.8 Å². The minimum absolute atomic E-state index is 0.313. The lowest BCUT2D eigenvalue weighted by atomic mass is 10.1. The van der Waals surface area contributed by atoms with Crippen molar-refractivity contribution in [2.75, 3.05) is 0 Å². The van der Waals surface area contributed by atoms with Gasteiger partial charge in [-0.15, -0.1) is 0 Å². The zero-order valence-electron chi connectivity index (χ0n) is 6.80. The number of Topliss-reactive ketones (excluding diaryl/α,β-unsaturated/α-hetero) is 2. The molecule has 0 aliphatic heterocycles. The maximum absolute atomic E-state index is 10.8. The van der Waals surface area contributed by atoms with Gasteiger partial charge in [-0.3, -0.25) is 14.4 Å². The lowest BCUT2D eigenvalue weighted by Gasteiger charge is -2.07. The Bertz CT molecular complexity index is 198. The first-order valence-electron chi connectivity index (χ1n) is 3.27. The third kappa shape index (κ3) is 3.50. The Morgan fingerprint density at radius 1 is 1.18 bits per heavy atom. The van der Waals surface area contributed by atoms with E-state index in [2.05, 4.69) is 5.32 Å². The Morgan fingerprint density at radius 2 is 1.64 bits per heavy atom. The second kappa shape index (κ2) is 3.85. The van der Waals surface area contributed by atoms with Crippen molar-refractivity contribution in [2.45, 2.75) is 26.8 Å². The molecule has 1 N–H and O–H groups in total. The lowest BCUT2D eigenvalue weighted by Crippen LogP contribution is -2.39. The second-order valence-electron chi connectivity index (χ2n) is 2.34. The summed E-state index contributed by atoms with van der Waals surface area (Å²) in [6.45, 7) is 3.95. The molecule has 1 unspecified atom stereocenters. The second-order valence-corrected chi connectivity index (χ2v) is 2.34. The van der Waals surface area contributed by atoms with Gasteiger partial charge in [-0.1, -0.05) is 0 Å². The SMILES string of the molecule is CC(=O)NC(C)C(=O)C(C)=O. The molecule has 0 aromatic heterocycles. The first-order chi connectivity index (χ1) is 4.95. The predicted molar refractivity (Wildman–Crippen MR) is 39.0 cm³/mol. The molecule has 1 atom stereocenters. The number of ketones is 2. The molecule has 0 aliphatic carbocycles. The zero-order valence-corrected chi connectivity index (χ0v) is 6.80. The van der Waals surface area contributed by atoms with Crippen molar-refractivity contribution in [3.05, 3.63) is 0 Å². The Hall–Kier alpha value is -1.19. The summed E-state index contributed by atoms with van der Waals surface area (Å²) in [5.41, 5.74) is 0. The number of rotatable bonds is 3. The van der Waals surface area contributed by atoms with Gasteiger partial charge in [-0.25, -0.2) is 0 Å². The van der Waals surface area contributed by atoms with Crippen LogP contribution in [0.15, 0.2) is 0 Å². The van der Waals surface area contributed by atoms with Gasteiger partial charge in [0.2, 0.25) is 11.7 Å². The van der Waals surface area contributed by atoms with Crippen molar-refractivity contribution in [1.82, 2.24) is 5.32 Å². The topological polar surface area (TPSA) is 63.2 Å². The van der Waals surface area contributed by atoms with Crippen LogP contribution in [0, 0.1) is 0 Å². The molecule has 0 heterocycles. The average molecular weight is 157 g/mol. The smallest absolute Gasteiger partial charge is 0.219 e. The first kappa shape index (κ1) is 9.81. The van der Waals surface area contributed by atoms with Crippen LogP contribution in [-0.4, -0.2) is 23.5 Å². The molecule has 0 radical (unpaired) electrons. The third-order valence-electron chi connectivity index (χ3n) is 1.16. The molecular weight excluding hydrogens is 146 g/mol. The van der Waals surface area contributed by atoms with Gasteiger partial charge in [0, 0.05) is 13.8 Å². The molecule has 0 spiro atoms. The standard InChI is InChI=1S/C7H11NO3/c1-4(8-6(3)10)7(11)5(2)9/h4H,1-3H3,(H,8,10). The van der Waals surface area contributed by atoms with E-state index in [0.29, 0.717) is 0 Å². The lowest BCUT2D eigenvalue weighted by molar-refractivity contribution is -0.137. The van der Waals surface area contributed by atoms with E-state index >= 15 is 0 Å². The van der Waals surface area contributed by atoms with Crippen molar-refractivity contribution >= 4 is 17.5 Å². The van der Waals surface area contributed by atoms with E-state index in [1.54, 1.807) is 0 Å². The highest BCUT2D eigenvalue weighted by molar-refractivity contribution is 6.38.